The maximum Gasteiger partial charge on any atom is 0.0397 e. The lowest BCUT2D eigenvalue weighted by Crippen LogP contribution is -2.17. The lowest BCUT2D eigenvalue weighted by atomic mass is 10.1. The fourth-order valence-electron chi connectivity index (χ4n) is 0.940. The molecule has 0 saturated carbocycles. The first-order valence-corrected chi connectivity index (χ1v) is 5.09. The minimum absolute atomic E-state index is 0.514. The third-order valence-electron chi connectivity index (χ3n) is 1.64. The zero-order chi connectivity index (χ0) is 8.85. The molecular weight excluding hydrogens is 153 g/mol. The van der Waals surface area contributed by atoms with E-state index in [-0.39, 0.29) is 0 Å². The van der Waals surface area contributed by atoms with Crippen molar-refractivity contribution >= 4 is 14.5 Å². The Morgan fingerprint density at radius 2 is 2.09 bits per heavy atom. The van der Waals surface area contributed by atoms with Gasteiger partial charge >= 0.3 is 0 Å². The summed E-state index contributed by atoms with van der Waals surface area (Å²) in [5, 5.41) is 3.08. The molecule has 1 unspecified atom stereocenters. The summed E-state index contributed by atoms with van der Waals surface area (Å²) < 4.78 is 0. The van der Waals surface area contributed by atoms with E-state index in [9.17, 15) is 0 Å². The number of rotatable bonds is 5. The van der Waals surface area contributed by atoms with Gasteiger partial charge in [-0.05, 0) is 12.3 Å². The van der Waals surface area contributed by atoms with E-state index in [1.165, 1.54) is 14.6 Å². The smallest absolute Gasteiger partial charge is 0.0397 e. The molecule has 0 heterocycles. The van der Waals surface area contributed by atoms with E-state index in [0.29, 0.717) is 5.66 Å². The molecule has 2 heteroatoms. The van der Waals surface area contributed by atoms with E-state index >= 15 is 0 Å². The van der Waals surface area contributed by atoms with Crippen LogP contribution in [-0.4, -0.2) is 19.0 Å². The van der Waals surface area contributed by atoms with E-state index in [1.54, 1.807) is 0 Å². The quantitative estimate of drug-likeness (QED) is 0.627. The zero-order valence-corrected chi connectivity index (χ0v) is 8.62. The Balaban J connectivity index is 3.95. The SMILES string of the molecule is C=PC(CC(C)C)C(=C)NC. The minimum Gasteiger partial charge on any atom is -0.391 e. The molecule has 11 heavy (non-hydrogen) atoms. The van der Waals surface area contributed by atoms with Crippen molar-refractivity contribution in [3.05, 3.63) is 12.3 Å². The van der Waals surface area contributed by atoms with Crippen molar-refractivity contribution in [3.8, 4) is 0 Å². The van der Waals surface area contributed by atoms with Crippen LogP contribution in [0.4, 0.5) is 0 Å². The van der Waals surface area contributed by atoms with Crippen LogP contribution in [0.1, 0.15) is 20.3 Å². The molecule has 0 amide bonds. The average Bonchev–Trinajstić information content (AvgIpc) is 1.98. The molecular formula is C9H18NP. The van der Waals surface area contributed by atoms with E-state index in [1.807, 2.05) is 7.05 Å². The second-order valence-electron chi connectivity index (χ2n) is 3.10. The second kappa shape index (κ2) is 5.37. The van der Waals surface area contributed by atoms with Gasteiger partial charge in [-0.2, -0.15) is 0 Å². The van der Waals surface area contributed by atoms with Crippen molar-refractivity contribution in [2.45, 2.75) is 25.9 Å². The van der Waals surface area contributed by atoms with Crippen molar-refractivity contribution in [3.63, 3.8) is 0 Å². The van der Waals surface area contributed by atoms with Gasteiger partial charge in [0.05, 0.1) is 0 Å². The molecule has 0 aliphatic heterocycles. The maximum absolute atomic E-state index is 3.94. The third kappa shape index (κ3) is 4.21. The molecule has 0 aromatic carbocycles. The predicted molar refractivity (Wildman–Crippen MR) is 55.5 cm³/mol. The Morgan fingerprint density at radius 3 is 2.36 bits per heavy atom. The lowest BCUT2D eigenvalue weighted by molar-refractivity contribution is 0.583. The van der Waals surface area contributed by atoms with Crippen molar-refractivity contribution in [2.24, 2.45) is 5.92 Å². The van der Waals surface area contributed by atoms with Crippen molar-refractivity contribution in [1.82, 2.24) is 5.32 Å². The molecule has 0 aliphatic carbocycles. The van der Waals surface area contributed by atoms with Crippen LogP contribution in [0.5, 0.6) is 0 Å². The van der Waals surface area contributed by atoms with Crippen LogP contribution in [0.3, 0.4) is 0 Å². The van der Waals surface area contributed by atoms with Crippen LogP contribution in [-0.2, 0) is 0 Å². The third-order valence-corrected chi connectivity index (χ3v) is 2.60. The van der Waals surface area contributed by atoms with Gasteiger partial charge < -0.3 is 5.32 Å². The molecule has 64 valence electrons. The number of hydrogen-bond donors (Lipinski definition) is 1. The highest BCUT2D eigenvalue weighted by atomic mass is 31.1. The molecule has 0 aliphatic rings. The highest BCUT2D eigenvalue weighted by molar-refractivity contribution is 7.37. The van der Waals surface area contributed by atoms with Gasteiger partial charge in [0.15, 0.2) is 0 Å². The first kappa shape index (κ1) is 10.7. The fraction of sp³-hybridized carbons (Fsp3) is 0.667. The first-order chi connectivity index (χ1) is 5.11. The molecule has 1 N–H and O–H groups in total. The van der Waals surface area contributed by atoms with Gasteiger partial charge in [-0.25, -0.2) is 0 Å². The molecule has 1 atom stereocenters. The van der Waals surface area contributed by atoms with Gasteiger partial charge in [0.25, 0.3) is 0 Å². The van der Waals surface area contributed by atoms with E-state index in [4.69, 9.17) is 0 Å². The summed E-state index contributed by atoms with van der Waals surface area (Å²) in [6.45, 7) is 8.39. The van der Waals surface area contributed by atoms with Gasteiger partial charge in [-0.1, -0.05) is 26.7 Å². The molecule has 0 radical (unpaired) electrons. The molecule has 0 fully saturated rings. The monoisotopic (exact) mass is 171 g/mol. The molecule has 0 bridgehead atoms. The largest absolute Gasteiger partial charge is 0.391 e. The summed E-state index contributed by atoms with van der Waals surface area (Å²) in [5.74, 6) is 0.722. The Morgan fingerprint density at radius 1 is 1.55 bits per heavy atom. The number of allylic oxidation sites excluding steroid dienone is 1. The normalized spacial score (nSPS) is 13.5. The Labute approximate surface area is 71.7 Å². The van der Waals surface area contributed by atoms with Crippen LogP contribution in [0.15, 0.2) is 12.3 Å². The Hall–Kier alpha value is -0.290. The second-order valence-corrected chi connectivity index (χ2v) is 4.09. The summed E-state index contributed by atoms with van der Waals surface area (Å²) in [6.07, 6.45) is 5.05. The van der Waals surface area contributed by atoms with Gasteiger partial charge in [-0.15, -0.1) is 8.20 Å². The van der Waals surface area contributed by atoms with Gasteiger partial charge in [0.1, 0.15) is 0 Å². The molecule has 1 nitrogen and oxygen atoms in total. The fourth-order valence-corrected chi connectivity index (χ4v) is 1.86. The topological polar surface area (TPSA) is 12.0 Å². The van der Waals surface area contributed by atoms with E-state index < -0.39 is 0 Å². The Kier molecular flexibility index (Phi) is 5.23. The zero-order valence-electron chi connectivity index (χ0n) is 7.72. The van der Waals surface area contributed by atoms with Crippen LogP contribution < -0.4 is 5.32 Å². The van der Waals surface area contributed by atoms with Crippen molar-refractivity contribution < 1.29 is 0 Å². The van der Waals surface area contributed by atoms with Gasteiger partial charge in [-0.3, -0.25) is 0 Å². The summed E-state index contributed by atoms with van der Waals surface area (Å²) >= 11 is 0. The predicted octanol–water partition coefficient (Wildman–Crippen LogP) is 2.51. The number of nitrogens with one attached hydrogen (secondary N) is 1. The van der Waals surface area contributed by atoms with Crippen LogP contribution >= 0.6 is 8.20 Å². The average molecular weight is 171 g/mol. The van der Waals surface area contributed by atoms with E-state index in [2.05, 4.69) is 32.0 Å². The highest BCUT2D eigenvalue weighted by Gasteiger charge is 2.09. The van der Waals surface area contributed by atoms with Gasteiger partial charge in [0.2, 0.25) is 0 Å². The molecule has 0 spiro atoms. The molecule has 0 aromatic heterocycles. The maximum atomic E-state index is 3.94. The van der Waals surface area contributed by atoms with Crippen molar-refractivity contribution in [1.29, 1.82) is 0 Å². The van der Waals surface area contributed by atoms with Crippen LogP contribution in [0, 0.1) is 5.92 Å². The van der Waals surface area contributed by atoms with Crippen LogP contribution in [0.25, 0.3) is 0 Å². The van der Waals surface area contributed by atoms with E-state index in [0.717, 1.165) is 11.6 Å². The summed E-state index contributed by atoms with van der Waals surface area (Å²) in [7, 11) is 3.09. The minimum atomic E-state index is 0.514. The molecule has 0 rings (SSSR count). The highest BCUT2D eigenvalue weighted by Crippen LogP contribution is 2.20. The Bertz CT molecular complexity index is 140. The first-order valence-electron chi connectivity index (χ1n) is 3.94. The summed E-state index contributed by atoms with van der Waals surface area (Å²) in [5.41, 5.74) is 1.62. The summed E-state index contributed by atoms with van der Waals surface area (Å²) in [4.78, 5) is 0. The molecule has 0 aromatic rings. The van der Waals surface area contributed by atoms with Gasteiger partial charge in [0, 0.05) is 18.4 Å². The summed E-state index contributed by atoms with van der Waals surface area (Å²) in [6, 6.07) is 0. The van der Waals surface area contributed by atoms with Crippen LogP contribution in [0.2, 0.25) is 0 Å². The number of hydrogen-bond acceptors (Lipinski definition) is 1. The molecule has 0 saturated heterocycles. The standard InChI is InChI=1S/C9H18NP/c1-7(2)6-9(11-5)8(3)10-4/h7,9-10H,3,5-6H2,1-2,4H3. The van der Waals surface area contributed by atoms with Crippen molar-refractivity contribution in [2.75, 3.05) is 7.05 Å². The lowest BCUT2D eigenvalue weighted by Gasteiger charge is -2.16.